The van der Waals surface area contributed by atoms with Gasteiger partial charge in [-0.3, -0.25) is 15.0 Å². The molecule has 0 saturated carbocycles. The summed E-state index contributed by atoms with van der Waals surface area (Å²) in [6, 6.07) is 8.09. The minimum absolute atomic E-state index is 0.206. The first kappa shape index (κ1) is 13.9. The molecule has 0 radical (unpaired) electrons. The predicted molar refractivity (Wildman–Crippen MR) is 81.6 cm³/mol. The van der Waals surface area contributed by atoms with E-state index >= 15 is 0 Å². The quantitative estimate of drug-likeness (QED) is 0.850. The molecule has 6 heteroatoms. The van der Waals surface area contributed by atoms with Gasteiger partial charge >= 0.3 is 6.03 Å². The van der Waals surface area contributed by atoms with Crippen LogP contribution in [-0.2, 0) is 4.79 Å². The van der Waals surface area contributed by atoms with E-state index < -0.39 is 0 Å². The highest BCUT2D eigenvalue weighted by atomic mass is 16.2. The van der Waals surface area contributed by atoms with E-state index in [0.29, 0.717) is 19.0 Å². The number of nitrogens with one attached hydrogen (secondary N) is 2. The Morgan fingerprint density at radius 1 is 1.10 bits per heavy atom. The second-order valence-corrected chi connectivity index (χ2v) is 5.52. The molecule has 0 spiro atoms. The Balaban J connectivity index is 1.74. The largest absolute Gasteiger partial charge is 0.366 e. The summed E-state index contributed by atoms with van der Waals surface area (Å²) in [7, 11) is 0. The zero-order chi connectivity index (χ0) is 14.8. The Hall–Kier alpha value is -2.08. The Morgan fingerprint density at radius 2 is 1.81 bits per heavy atom. The van der Waals surface area contributed by atoms with Crippen LogP contribution in [0.15, 0.2) is 24.3 Å². The molecule has 2 aliphatic heterocycles. The number of anilines is 2. The number of imide groups is 1. The molecule has 2 fully saturated rings. The molecule has 1 aromatic rings. The standard InChI is InChI=1S/C15H20N4O2/c1-11-10-16-7-9-18(11)12-2-4-13(5-3-12)19-8-6-14(20)17-15(19)21/h2-5,11,16H,6-10H2,1H3,(H,17,20,21)/t11-/m0/s1. The molecule has 0 aromatic heterocycles. The summed E-state index contributed by atoms with van der Waals surface area (Å²) in [6.45, 7) is 5.60. The zero-order valence-corrected chi connectivity index (χ0v) is 12.1. The Kier molecular flexibility index (Phi) is 3.79. The van der Waals surface area contributed by atoms with E-state index in [1.807, 2.05) is 24.3 Å². The second kappa shape index (κ2) is 5.73. The Bertz CT molecular complexity index is 543. The molecular formula is C15H20N4O2. The van der Waals surface area contributed by atoms with E-state index in [1.165, 1.54) is 5.69 Å². The van der Waals surface area contributed by atoms with E-state index in [-0.39, 0.29) is 11.9 Å². The van der Waals surface area contributed by atoms with Gasteiger partial charge in [-0.05, 0) is 31.2 Å². The molecule has 2 saturated heterocycles. The van der Waals surface area contributed by atoms with Crippen LogP contribution in [0.3, 0.4) is 0 Å². The molecule has 0 bridgehead atoms. The van der Waals surface area contributed by atoms with Crippen LogP contribution >= 0.6 is 0 Å². The van der Waals surface area contributed by atoms with Gasteiger partial charge in [0.2, 0.25) is 5.91 Å². The number of urea groups is 1. The molecule has 3 amide bonds. The zero-order valence-electron chi connectivity index (χ0n) is 12.1. The molecular weight excluding hydrogens is 268 g/mol. The van der Waals surface area contributed by atoms with Crippen LogP contribution in [0.5, 0.6) is 0 Å². The fraction of sp³-hybridized carbons (Fsp3) is 0.467. The van der Waals surface area contributed by atoms with Gasteiger partial charge in [0.15, 0.2) is 0 Å². The van der Waals surface area contributed by atoms with Crippen molar-refractivity contribution in [1.82, 2.24) is 10.6 Å². The van der Waals surface area contributed by atoms with E-state index in [2.05, 4.69) is 22.5 Å². The normalized spacial score (nSPS) is 23.2. The molecule has 2 N–H and O–H groups in total. The number of hydrogen-bond donors (Lipinski definition) is 2. The molecule has 21 heavy (non-hydrogen) atoms. The van der Waals surface area contributed by atoms with Crippen molar-refractivity contribution in [3.63, 3.8) is 0 Å². The van der Waals surface area contributed by atoms with Crippen molar-refractivity contribution in [3.05, 3.63) is 24.3 Å². The summed E-state index contributed by atoms with van der Waals surface area (Å²) in [5, 5.41) is 5.71. The van der Waals surface area contributed by atoms with E-state index in [4.69, 9.17) is 0 Å². The average molecular weight is 288 g/mol. The van der Waals surface area contributed by atoms with E-state index in [1.54, 1.807) is 4.90 Å². The van der Waals surface area contributed by atoms with Crippen molar-refractivity contribution >= 4 is 23.3 Å². The summed E-state index contributed by atoms with van der Waals surface area (Å²) < 4.78 is 0. The average Bonchev–Trinajstić information content (AvgIpc) is 2.48. The molecule has 1 atom stereocenters. The molecule has 0 aliphatic carbocycles. The number of carbonyl (C=O) groups is 2. The van der Waals surface area contributed by atoms with Gasteiger partial charge in [-0.2, -0.15) is 0 Å². The third-order valence-corrected chi connectivity index (χ3v) is 4.05. The summed E-state index contributed by atoms with van der Waals surface area (Å²) >= 11 is 0. The Morgan fingerprint density at radius 3 is 2.48 bits per heavy atom. The fourth-order valence-corrected chi connectivity index (χ4v) is 2.86. The number of nitrogens with zero attached hydrogens (tertiary/aromatic N) is 2. The number of benzene rings is 1. The second-order valence-electron chi connectivity index (χ2n) is 5.52. The van der Waals surface area contributed by atoms with Gasteiger partial charge in [-0.25, -0.2) is 4.79 Å². The van der Waals surface area contributed by atoms with Crippen molar-refractivity contribution in [2.75, 3.05) is 36.0 Å². The van der Waals surface area contributed by atoms with Gasteiger partial charge < -0.3 is 10.2 Å². The maximum absolute atomic E-state index is 11.8. The molecule has 6 nitrogen and oxygen atoms in total. The molecule has 112 valence electrons. The minimum Gasteiger partial charge on any atom is -0.366 e. The molecule has 0 unspecified atom stereocenters. The SMILES string of the molecule is C[C@H]1CNCCN1c1ccc(N2CCC(=O)NC2=O)cc1. The predicted octanol–water partition coefficient (Wildman–Crippen LogP) is 0.931. The van der Waals surface area contributed by atoms with Crippen LogP contribution in [0.4, 0.5) is 16.2 Å². The van der Waals surface area contributed by atoms with Gasteiger partial charge in [-0.15, -0.1) is 0 Å². The van der Waals surface area contributed by atoms with Crippen LogP contribution in [0.25, 0.3) is 0 Å². The third-order valence-electron chi connectivity index (χ3n) is 4.05. The lowest BCUT2D eigenvalue weighted by molar-refractivity contribution is -0.120. The smallest absolute Gasteiger partial charge is 0.328 e. The van der Waals surface area contributed by atoms with Crippen molar-refractivity contribution < 1.29 is 9.59 Å². The maximum atomic E-state index is 11.8. The fourth-order valence-electron chi connectivity index (χ4n) is 2.86. The number of carbonyl (C=O) groups excluding carboxylic acids is 2. The topological polar surface area (TPSA) is 64.7 Å². The van der Waals surface area contributed by atoms with Crippen molar-refractivity contribution in [3.8, 4) is 0 Å². The van der Waals surface area contributed by atoms with Gasteiger partial charge in [0.05, 0.1) is 0 Å². The van der Waals surface area contributed by atoms with Crippen molar-refractivity contribution in [2.24, 2.45) is 0 Å². The van der Waals surface area contributed by atoms with Crippen LogP contribution < -0.4 is 20.4 Å². The van der Waals surface area contributed by atoms with Crippen LogP contribution in [-0.4, -0.2) is 44.2 Å². The first-order valence-electron chi connectivity index (χ1n) is 7.34. The number of rotatable bonds is 2. The van der Waals surface area contributed by atoms with Gasteiger partial charge in [0.25, 0.3) is 0 Å². The minimum atomic E-state index is -0.338. The Labute approximate surface area is 124 Å². The highest BCUT2D eigenvalue weighted by molar-refractivity contribution is 6.05. The lowest BCUT2D eigenvalue weighted by atomic mass is 10.1. The van der Waals surface area contributed by atoms with Crippen LogP contribution in [0.2, 0.25) is 0 Å². The summed E-state index contributed by atoms with van der Waals surface area (Å²) in [5.74, 6) is -0.206. The van der Waals surface area contributed by atoms with Gasteiger partial charge in [-0.1, -0.05) is 0 Å². The van der Waals surface area contributed by atoms with Crippen molar-refractivity contribution in [1.29, 1.82) is 0 Å². The number of hydrogen-bond acceptors (Lipinski definition) is 4. The molecule has 1 aromatic carbocycles. The monoisotopic (exact) mass is 288 g/mol. The van der Waals surface area contributed by atoms with Crippen molar-refractivity contribution in [2.45, 2.75) is 19.4 Å². The lowest BCUT2D eigenvalue weighted by Gasteiger charge is -2.36. The highest BCUT2D eigenvalue weighted by Crippen LogP contribution is 2.24. The van der Waals surface area contributed by atoms with E-state index in [0.717, 1.165) is 25.3 Å². The number of piperazine rings is 1. The van der Waals surface area contributed by atoms with Crippen LogP contribution in [0, 0.1) is 0 Å². The lowest BCUT2D eigenvalue weighted by Crippen LogP contribution is -2.50. The maximum Gasteiger partial charge on any atom is 0.328 e. The number of amides is 3. The first-order valence-corrected chi connectivity index (χ1v) is 7.34. The molecule has 3 rings (SSSR count). The highest BCUT2D eigenvalue weighted by Gasteiger charge is 2.24. The summed E-state index contributed by atoms with van der Waals surface area (Å²) in [6.07, 6.45) is 0.350. The van der Waals surface area contributed by atoms with Gasteiger partial charge in [0, 0.05) is 50.0 Å². The molecule has 2 heterocycles. The third kappa shape index (κ3) is 2.85. The first-order chi connectivity index (χ1) is 10.1. The summed E-state index contributed by atoms with van der Waals surface area (Å²) in [5.41, 5.74) is 1.99. The van der Waals surface area contributed by atoms with Crippen LogP contribution in [0.1, 0.15) is 13.3 Å². The summed E-state index contributed by atoms with van der Waals surface area (Å²) in [4.78, 5) is 27.0. The van der Waals surface area contributed by atoms with E-state index in [9.17, 15) is 9.59 Å². The molecule has 2 aliphatic rings. The van der Waals surface area contributed by atoms with Gasteiger partial charge in [0.1, 0.15) is 0 Å².